The van der Waals surface area contributed by atoms with Crippen LogP contribution in [-0.4, -0.2) is 11.6 Å². The number of ketones is 2. The van der Waals surface area contributed by atoms with Crippen LogP contribution in [-0.2, 0) is 9.59 Å². The maximum atomic E-state index is 13.2. The Balaban J connectivity index is 1.81. The van der Waals surface area contributed by atoms with E-state index in [1.54, 1.807) is 0 Å². The number of carbonyl (C=O) groups is 2. The number of hydrogen-bond acceptors (Lipinski definition) is 3. The van der Waals surface area contributed by atoms with Gasteiger partial charge in [-0.1, -0.05) is 47.0 Å². The Bertz CT molecular complexity index is 664. The Morgan fingerprint density at radius 2 is 1.19 bits per heavy atom. The third kappa shape index (κ3) is 3.08. The number of Topliss-reactive ketones (excluding diaryl/α,β-unsaturated/α-hetero) is 2. The molecule has 0 spiro atoms. The summed E-state index contributed by atoms with van der Waals surface area (Å²) >= 11 is 0. The predicted molar refractivity (Wildman–Crippen MR) is 103 cm³/mol. The van der Waals surface area contributed by atoms with E-state index in [9.17, 15) is 9.59 Å². The molecule has 0 radical (unpaired) electrons. The molecule has 4 rings (SSSR count). The Hall–Kier alpha value is -1.38. The average molecular weight is 356 g/mol. The standard InChI is InChI=1S/C23H33NO2/c1-22(2)10-15-20(17(25)12-22)19(14-8-6-5-7-9-14)21-16(24-15)11-23(3,4)13-18(21)26/h14,19,24H,5-13H2,1-4H3. The fourth-order valence-electron chi connectivity index (χ4n) is 5.88. The molecule has 3 nitrogen and oxygen atoms in total. The minimum absolute atomic E-state index is 0.00624. The van der Waals surface area contributed by atoms with Crippen molar-refractivity contribution in [2.24, 2.45) is 22.7 Å². The van der Waals surface area contributed by atoms with Crippen molar-refractivity contribution in [3.63, 3.8) is 0 Å². The maximum Gasteiger partial charge on any atom is 0.161 e. The van der Waals surface area contributed by atoms with Crippen molar-refractivity contribution in [1.82, 2.24) is 5.32 Å². The molecule has 0 bridgehead atoms. The molecular weight excluding hydrogens is 322 g/mol. The number of allylic oxidation sites excluding steroid dienone is 4. The zero-order valence-corrected chi connectivity index (χ0v) is 16.8. The zero-order chi connectivity index (χ0) is 18.7. The van der Waals surface area contributed by atoms with Crippen molar-refractivity contribution < 1.29 is 9.59 Å². The quantitative estimate of drug-likeness (QED) is 0.714. The summed E-state index contributed by atoms with van der Waals surface area (Å²) in [6, 6.07) is 0. The molecule has 0 amide bonds. The van der Waals surface area contributed by atoms with E-state index >= 15 is 0 Å². The van der Waals surface area contributed by atoms with Gasteiger partial charge in [0.05, 0.1) is 0 Å². The Labute approximate surface area is 157 Å². The van der Waals surface area contributed by atoms with E-state index in [0.717, 1.165) is 48.2 Å². The Morgan fingerprint density at radius 1 is 0.731 bits per heavy atom. The summed E-state index contributed by atoms with van der Waals surface area (Å²) in [5.74, 6) is 1.09. The second kappa shape index (κ2) is 6.07. The lowest BCUT2D eigenvalue weighted by atomic mass is 9.61. The summed E-state index contributed by atoms with van der Waals surface area (Å²) in [4.78, 5) is 26.3. The van der Waals surface area contributed by atoms with Crippen LogP contribution < -0.4 is 5.32 Å². The van der Waals surface area contributed by atoms with Crippen LogP contribution in [0.5, 0.6) is 0 Å². The smallest absolute Gasteiger partial charge is 0.161 e. The molecule has 0 atom stereocenters. The molecule has 0 aromatic heterocycles. The molecule has 26 heavy (non-hydrogen) atoms. The summed E-state index contributed by atoms with van der Waals surface area (Å²) in [6.45, 7) is 8.75. The summed E-state index contributed by atoms with van der Waals surface area (Å²) in [7, 11) is 0. The minimum atomic E-state index is 0.00624. The number of nitrogens with one attached hydrogen (secondary N) is 1. The predicted octanol–water partition coefficient (Wildman–Crippen LogP) is 5.07. The summed E-state index contributed by atoms with van der Waals surface area (Å²) in [5, 5.41) is 3.62. The lowest BCUT2D eigenvalue weighted by Crippen LogP contribution is -2.45. The highest BCUT2D eigenvalue weighted by molar-refractivity contribution is 6.05. The van der Waals surface area contributed by atoms with Gasteiger partial charge in [0.25, 0.3) is 0 Å². The van der Waals surface area contributed by atoms with Gasteiger partial charge in [-0.25, -0.2) is 0 Å². The van der Waals surface area contributed by atoms with Gasteiger partial charge in [0.1, 0.15) is 0 Å². The Kier molecular flexibility index (Phi) is 4.20. The van der Waals surface area contributed by atoms with E-state index in [0.29, 0.717) is 18.8 Å². The molecule has 4 aliphatic rings. The van der Waals surface area contributed by atoms with Crippen LogP contribution in [0.25, 0.3) is 0 Å². The highest BCUT2D eigenvalue weighted by atomic mass is 16.1. The van der Waals surface area contributed by atoms with Crippen molar-refractivity contribution in [3.05, 3.63) is 22.5 Å². The van der Waals surface area contributed by atoms with Gasteiger partial charge >= 0.3 is 0 Å². The second-order valence-corrected chi connectivity index (χ2v) is 10.7. The SMILES string of the molecule is CC1(C)CC(=O)C2=C(C1)NC1=C(C(=O)CC(C)(C)C1)C2C1CCCCC1. The van der Waals surface area contributed by atoms with Gasteiger partial charge in [-0.05, 0) is 42.4 Å². The topological polar surface area (TPSA) is 46.2 Å². The van der Waals surface area contributed by atoms with Crippen LogP contribution in [0.1, 0.15) is 85.5 Å². The van der Waals surface area contributed by atoms with Gasteiger partial charge < -0.3 is 5.32 Å². The van der Waals surface area contributed by atoms with Crippen LogP contribution in [0.15, 0.2) is 22.5 Å². The van der Waals surface area contributed by atoms with Gasteiger partial charge in [-0.2, -0.15) is 0 Å². The molecule has 142 valence electrons. The molecule has 3 heteroatoms. The van der Waals surface area contributed by atoms with E-state index in [1.807, 2.05) is 0 Å². The first-order valence-electron chi connectivity index (χ1n) is 10.5. The first kappa shape index (κ1) is 18.0. The van der Waals surface area contributed by atoms with Gasteiger partial charge in [0, 0.05) is 41.3 Å². The van der Waals surface area contributed by atoms with Gasteiger partial charge in [0.2, 0.25) is 0 Å². The van der Waals surface area contributed by atoms with Crippen molar-refractivity contribution in [1.29, 1.82) is 0 Å². The molecule has 1 saturated carbocycles. The van der Waals surface area contributed by atoms with Crippen molar-refractivity contribution >= 4 is 11.6 Å². The largest absolute Gasteiger partial charge is 0.362 e. The van der Waals surface area contributed by atoms with Crippen LogP contribution in [0.4, 0.5) is 0 Å². The average Bonchev–Trinajstić information content (AvgIpc) is 2.51. The molecule has 0 aromatic carbocycles. The van der Waals surface area contributed by atoms with Crippen molar-refractivity contribution in [3.8, 4) is 0 Å². The highest BCUT2D eigenvalue weighted by Gasteiger charge is 2.48. The molecule has 1 N–H and O–H groups in total. The minimum Gasteiger partial charge on any atom is -0.362 e. The summed E-state index contributed by atoms with van der Waals surface area (Å²) in [6.07, 6.45) is 9.14. The first-order valence-corrected chi connectivity index (χ1v) is 10.5. The van der Waals surface area contributed by atoms with Crippen LogP contribution in [0.2, 0.25) is 0 Å². The monoisotopic (exact) mass is 355 g/mol. The maximum absolute atomic E-state index is 13.2. The molecule has 0 saturated heterocycles. The molecule has 1 aliphatic heterocycles. The lowest BCUT2D eigenvalue weighted by molar-refractivity contribution is -0.120. The normalized spacial score (nSPS) is 29.4. The van der Waals surface area contributed by atoms with Gasteiger partial charge in [-0.3, -0.25) is 9.59 Å². The van der Waals surface area contributed by atoms with Gasteiger partial charge in [-0.15, -0.1) is 0 Å². The summed E-state index contributed by atoms with van der Waals surface area (Å²) < 4.78 is 0. The number of hydrogen-bond donors (Lipinski definition) is 1. The fourth-order valence-corrected chi connectivity index (χ4v) is 5.88. The Morgan fingerprint density at radius 3 is 1.65 bits per heavy atom. The second-order valence-electron chi connectivity index (χ2n) is 10.7. The van der Waals surface area contributed by atoms with Crippen LogP contribution in [0, 0.1) is 22.7 Å². The fraction of sp³-hybridized carbons (Fsp3) is 0.739. The molecule has 1 fully saturated rings. The number of carbonyl (C=O) groups excluding carboxylic acids is 2. The number of dihydropyridines is 1. The molecule has 1 heterocycles. The van der Waals surface area contributed by atoms with Crippen LogP contribution in [0.3, 0.4) is 0 Å². The van der Waals surface area contributed by atoms with Crippen LogP contribution >= 0.6 is 0 Å². The van der Waals surface area contributed by atoms with E-state index < -0.39 is 0 Å². The van der Waals surface area contributed by atoms with E-state index in [1.165, 1.54) is 19.3 Å². The third-order valence-electron chi connectivity index (χ3n) is 6.88. The number of rotatable bonds is 1. The van der Waals surface area contributed by atoms with E-state index in [2.05, 4.69) is 33.0 Å². The molecule has 0 unspecified atom stereocenters. The molecular formula is C23H33NO2. The first-order chi connectivity index (χ1) is 12.2. The van der Waals surface area contributed by atoms with Crippen molar-refractivity contribution in [2.75, 3.05) is 0 Å². The van der Waals surface area contributed by atoms with E-state index in [4.69, 9.17) is 0 Å². The molecule has 3 aliphatic carbocycles. The summed E-state index contributed by atoms with van der Waals surface area (Å²) in [5.41, 5.74) is 4.22. The van der Waals surface area contributed by atoms with Crippen molar-refractivity contribution in [2.45, 2.75) is 85.5 Å². The highest BCUT2D eigenvalue weighted by Crippen LogP contribution is 2.51. The van der Waals surface area contributed by atoms with Gasteiger partial charge in [0.15, 0.2) is 11.6 Å². The molecule has 0 aromatic rings. The lowest BCUT2D eigenvalue weighted by Gasteiger charge is -2.46. The van der Waals surface area contributed by atoms with E-state index in [-0.39, 0.29) is 28.3 Å². The zero-order valence-electron chi connectivity index (χ0n) is 16.8. The third-order valence-corrected chi connectivity index (χ3v) is 6.88.